The highest BCUT2D eigenvalue weighted by Crippen LogP contribution is 2.46. The van der Waals surface area contributed by atoms with Crippen molar-refractivity contribution in [3.63, 3.8) is 0 Å². The van der Waals surface area contributed by atoms with Gasteiger partial charge in [-0.15, -0.1) is 0 Å². The average Bonchev–Trinajstić information content (AvgIpc) is 3.47. The second-order valence-corrected chi connectivity index (χ2v) is 13.3. The van der Waals surface area contributed by atoms with Gasteiger partial charge >= 0.3 is 0 Å². The lowest BCUT2D eigenvalue weighted by Crippen LogP contribution is -2.57. The van der Waals surface area contributed by atoms with E-state index in [0.717, 1.165) is 67.5 Å². The van der Waals surface area contributed by atoms with Crippen LogP contribution in [0.15, 0.2) is 126 Å². The van der Waals surface area contributed by atoms with Gasteiger partial charge in [0.2, 0.25) is 0 Å². The molecular formula is C42H34BNO3. The molecule has 5 heteroatoms. The normalized spacial score (nSPS) is 12.9. The van der Waals surface area contributed by atoms with Gasteiger partial charge in [-0.25, -0.2) is 0 Å². The van der Waals surface area contributed by atoms with E-state index in [1.807, 2.05) is 18.2 Å². The Morgan fingerprint density at radius 3 is 1.77 bits per heavy atom. The molecule has 228 valence electrons. The molecule has 1 aromatic heterocycles. The Morgan fingerprint density at radius 1 is 0.532 bits per heavy atom. The molecule has 0 atom stereocenters. The van der Waals surface area contributed by atoms with Gasteiger partial charge in [-0.1, -0.05) is 100 Å². The molecule has 9 rings (SSSR count). The average molecular weight is 612 g/mol. The van der Waals surface area contributed by atoms with Crippen LogP contribution in [0.5, 0.6) is 23.0 Å². The molecule has 0 N–H and O–H groups in total. The van der Waals surface area contributed by atoms with Crippen LogP contribution in [0.4, 0.5) is 17.1 Å². The maximum atomic E-state index is 6.86. The minimum atomic E-state index is 0.00737. The van der Waals surface area contributed by atoms with Crippen LogP contribution in [0.3, 0.4) is 0 Å². The predicted octanol–water partition coefficient (Wildman–Crippen LogP) is 10.0. The monoisotopic (exact) mass is 611 g/mol. The van der Waals surface area contributed by atoms with Crippen molar-refractivity contribution in [1.82, 2.24) is 0 Å². The third kappa shape index (κ3) is 4.37. The summed E-state index contributed by atoms with van der Waals surface area (Å²) in [4.78, 5) is 2.25. The zero-order valence-corrected chi connectivity index (χ0v) is 27.0. The lowest BCUT2D eigenvalue weighted by Gasteiger charge is -2.35. The quantitative estimate of drug-likeness (QED) is 0.182. The molecule has 6 aromatic carbocycles. The van der Waals surface area contributed by atoms with Crippen molar-refractivity contribution >= 4 is 62.1 Å². The first-order chi connectivity index (χ1) is 22.9. The van der Waals surface area contributed by atoms with E-state index < -0.39 is 0 Å². The first-order valence-corrected chi connectivity index (χ1v) is 16.5. The van der Waals surface area contributed by atoms with Crippen molar-refractivity contribution in [2.24, 2.45) is 0 Å². The number of rotatable bonds is 5. The van der Waals surface area contributed by atoms with E-state index >= 15 is 0 Å². The standard InChI is InChI=1S/C42H34BNO3/c1-25(2)27-17-19-33-37(21-27)45-39-23-30(24-40-41(39)43(33)34-20-18-28(26(3)4)22-38(34)46-40)44(29-11-6-5-7-12-29)35-15-10-14-32-31-13-8-9-16-36(31)47-42(32)35/h5-26H,1-4H3. The number of anilines is 3. The van der Waals surface area contributed by atoms with Crippen molar-refractivity contribution in [3.8, 4) is 23.0 Å². The number of furan rings is 1. The summed E-state index contributed by atoms with van der Waals surface area (Å²) >= 11 is 0. The van der Waals surface area contributed by atoms with Gasteiger partial charge in [-0.05, 0) is 70.3 Å². The molecule has 3 heterocycles. The van der Waals surface area contributed by atoms with Gasteiger partial charge in [0.25, 0.3) is 6.71 Å². The maximum Gasteiger partial charge on any atom is 0.260 e. The van der Waals surface area contributed by atoms with E-state index in [1.165, 1.54) is 22.1 Å². The summed E-state index contributed by atoms with van der Waals surface area (Å²) in [7, 11) is 0. The zero-order valence-electron chi connectivity index (χ0n) is 27.0. The SMILES string of the molecule is CC(C)c1ccc2c(c1)Oc1cc(N(c3ccccc3)c3cccc4c3oc3ccccc34)cc3c1B2c1ccc(C(C)C)cc1O3. The smallest absolute Gasteiger partial charge is 0.260 e. The molecular weight excluding hydrogens is 577 g/mol. The summed E-state index contributed by atoms with van der Waals surface area (Å²) in [5.41, 5.74) is 10.5. The Morgan fingerprint density at radius 2 is 1.13 bits per heavy atom. The minimum absolute atomic E-state index is 0.00737. The van der Waals surface area contributed by atoms with Gasteiger partial charge in [0.1, 0.15) is 28.6 Å². The van der Waals surface area contributed by atoms with Gasteiger partial charge in [0.15, 0.2) is 5.58 Å². The number of fused-ring (bicyclic) bond motifs is 7. The molecule has 0 amide bonds. The third-order valence-electron chi connectivity index (χ3n) is 9.74. The van der Waals surface area contributed by atoms with Crippen molar-refractivity contribution in [3.05, 3.63) is 132 Å². The summed E-state index contributed by atoms with van der Waals surface area (Å²) in [6.07, 6.45) is 0. The van der Waals surface area contributed by atoms with Crippen LogP contribution in [0.25, 0.3) is 21.9 Å². The topological polar surface area (TPSA) is 34.8 Å². The fourth-order valence-electron chi connectivity index (χ4n) is 7.27. The summed E-state index contributed by atoms with van der Waals surface area (Å²) in [5.74, 6) is 4.21. The van der Waals surface area contributed by atoms with Crippen LogP contribution in [0.1, 0.15) is 50.7 Å². The van der Waals surface area contributed by atoms with Crippen molar-refractivity contribution < 1.29 is 13.9 Å². The van der Waals surface area contributed by atoms with Crippen molar-refractivity contribution in [2.75, 3.05) is 4.90 Å². The number of hydrogen-bond donors (Lipinski definition) is 0. The number of hydrogen-bond acceptors (Lipinski definition) is 4. The summed E-state index contributed by atoms with van der Waals surface area (Å²) in [6.45, 7) is 8.91. The minimum Gasteiger partial charge on any atom is -0.458 e. The molecule has 0 fully saturated rings. The lowest BCUT2D eigenvalue weighted by molar-refractivity contribution is 0.463. The molecule has 0 bridgehead atoms. The molecule has 7 aromatic rings. The van der Waals surface area contributed by atoms with Gasteiger partial charge in [-0.3, -0.25) is 0 Å². The first-order valence-electron chi connectivity index (χ1n) is 16.5. The molecule has 0 saturated carbocycles. The van der Waals surface area contributed by atoms with Crippen LogP contribution in [0.2, 0.25) is 0 Å². The zero-order chi connectivity index (χ0) is 31.8. The molecule has 0 spiro atoms. The second kappa shape index (κ2) is 10.6. The molecule has 0 radical (unpaired) electrons. The van der Waals surface area contributed by atoms with Crippen LogP contribution < -0.4 is 30.8 Å². The van der Waals surface area contributed by atoms with Gasteiger partial charge in [0.05, 0.1) is 11.4 Å². The molecule has 4 nitrogen and oxygen atoms in total. The van der Waals surface area contributed by atoms with Crippen LogP contribution >= 0.6 is 0 Å². The Bertz CT molecular complexity index is 2260. The van der Waals surface area contributed by atoms with Gasteiger partial charge in [0, 0.05) is 34.1 Å². The van der Waals surface area contributed by atoms with E-state index in [2.05, 4.69) is 136 Å². The summed E-state index contributed by atoms with van der Waals surface area (Å²) < 4.78 is 20.3. The van der Waals surface area contributed by atoms with E-state index in [9.17, 15) is 0 Å². The molecule has 2 aliphatic rings. The molecule has 0 saturated heterocycles. The largest absolute Gasteiger partial charge is 0.458 e. The highest BCUT2D eigenvalue weighted by atomic mass is 16.5. The van der Waals surface area contributed by atoms with Gasteiger partial charge in [-0.2, -0.15) is 0 Å². The lowest BCUT2D eigenvalue weighted by atomic mass is 9.34. The molecule has 0 unspecified atom stereocenters. The molecule has 2 aliphatic heterocycles. The summed E-state index contributed by atoms with van der Waals surface area (Å²) in [6, 6.07) is 42.8. The number of para-hydroxylation sites is 3. The predicted molar refractivity (Wildman–Crippen MR) is 194 cm³/mol. The third-order valence-corrected chi connectivity index (χ3v) is 9.74. The Hall–Kier alpha value is -5.42. The van der Waals surface area contributed by atoms with Crippen LogP contribution in [-0.2, 0) is 0 Å². The van der Waals surface area contributed by atoms with Crippen molar-refractivity contribution in [2.45, 2.75) is 39.5 Å². The van der Waals surface area contributed by atoms with Crippen molar-refractivity contribution in [1.29, 1.82) is 0 Å². The van der Waals surface area contributed by atoms with Crippen LogP contribution in [-0.4, -0.2) is 6.71 Å². The van der Waals surface area contributed by atoms with E-state index in [0.29, 0.717) is 11.8 Å². The Balaban J connectivity index is 1.30. The van der Waals surface area contributed by atoms with E-state index in [-0.39, 0.29) is 6.71 Å². The first kappa shape index (κ1) is 27.9. The highest BCUT2D eigenvalue weighted by molar-refractivity contribution is 6.98. The Labute approximate surface area is 275 Å². The van der Waals surface area contributed by atoms with E-state index in [4.69, 9.17) is 13.9 Å². The number of nitrogens with zero attached hydrogens (tertiary/aromatic N) is 1. The highest BCUT2D eigenvalue weighted by Gasteiger charge is 2.41. The number of benzene rings is 6. The molecule has 47 heavy (non-hydrogen) atoms. The number of ether oxygens (including phenoxy) is 2. The van der Waals surface area contributed by atoms with E-state index in [1.54, 1.807) is 0 Å². The fourth-order valence-corrected chi connectivity index (χ4v) is 7.27. The van der Waals surface area contributed by atoms with Gasteiger partial charge < -0.3 is 18.8 Å². The maximum absolute atomic E-state index is 6.86. The Kier molecular flexibility index (Phi) is 6.26. The fraction of sp³-hybridized carbons (Fsp3) is 0.143. The summed E-state index contributed by atoms with van der Waals surface area (Å²) in [5, 5.41) is 2.18. The second-order valence-electron chi connectivity index (χ2n) is 13.3. The van der Waals surface area contributed by atoms with Crippen LogP contribution in [0, 0.1) is 0 Å². The molecule has 0 aliphatic carbocycles.